The summed E-state index contributed by atoms with van der Waals surface area (Å²) >= 11 is 0. The summed E-state index contributed by atoms with van der Waals surface area (Å²) in [7, 11) is 1.78. The van der Waals surface area contributed by atoms with Crippen LogP contribution in [0.2, 0.25) is 0 Å². The first-order valence-electron chi connectivity index (χ1n) is 6.51. The van der Waals surface area contributed by atoms with Crippen molar-refractivity contribution in [3.05, 3.63) is 0 Å². The molecule has 2 aliphatic rings. The third kappa shape index (κ3) is 3.43. The van der Waals surface area contributed by atoms with Gasteiger partial charge in [-0.05, 0) is 6.42 Å². The number of carbonyl (C=O) groups is 2. The number of carbonyl (C=O) groups excluding carboxylic acids is 2. The normalized spacial score (nSPS) is 26.1. The molecule has 0 aromatic heterocycles. The van der Waals surface area contributed by atoms with Gasteiger partial charge >= 0.3 is 0 Å². The summed E-state index contributed by atoms with van der Waals surface area (Å²) in [5, 5.41) is 3.20. The van der Waals surface area contributed by atoms with E-state index in [-0.39, 0.29) is 24.5 Å². The number of amides is 2. The zero-order valence-electron chi connectivity index (χ0n) is 10.9. The lowest BCUT2D eigenvalue weighted by atomic mass is 10.2. The summed E-state index contributed by atoms with van der Waals surface area (Å²) in [5.74, 6) is 0.0379. The van der Waals surface area contributed by atoms with Crippen LogP contribution in [0, 0.1) is 0 Å². The molecule has 1 atom stereocenters. The van der Waals surface area contributed by atoms with Crippen molar-refractivity contribution in [3.63, 3.8) is 0 Å². The van der Waals surface area contributed by atoms with Crippen molar-refractivity contribution < 1.29 is 14.3 Å². The molecule has 1 unspecified atom stereocenters. The fourth-order valence-electron chi connectivity index (χ4n) is 2.27. The maximum atomic E-state index is 12.1. The van der Waals surface area contributed by atoms with Crippen molar-refractivity contribution in [3.8, 4) is 0 Å². The SMILES string of the molecule is CN1CCCN(C(=O)CC2CNCCO2)CC1=O. The standard InChI is InChI=1S/C12H21N3O3/c1-14-4-2-5-15(9-12(14)17)11(16)7-10-8-13-3-6-18-10/h10,13H,2-9H2,1H3. The topological polar surface area (TPSA) is 61.9 Å². The van der Waals surface area contributed by atoms with E-state index in [0.717, 1.165) is 19.5 Å². The molecule has 0 bridgehead atoms. The highest BCUT2D eigenvalue weighted by atomic mass is 16.5. The molecule has 0 saturated carbocycles. The average Bonchev–Trinajstić information content (AvgIpc) is 2.53. The minimum atomic E-state index is -0.0534. The van der Waals surface area contributed by atoms with Crippen LogP contribution in [0.25, 0.3) is 0 Å². The molecular formula is C12H21N3O3. The average molecular weight is 255 g/mol. The number of hydrogen-bond acceptors (Lipinski definition) is 4. The summed E-state index contributed by atoms with van der Waals surface area (Å²) in [6, 6.07) is 0. The summed E-state index contributed by atoms with van der Waals surface area (Å²) in [6.45, 7) is 3.80. The van der Waals surface area contributed by atoms with Gasteiger partial charge in [0.15, 0.2) is 0 Å². The van der Waals surface area contributed by atoms with Gasteiger partial charge in [-0.2, -0.15) is 0 Å². The van der Waals surface area contributed by atoms with Gasteiger partial charge in [-0.25, -0.2) is 0 Å². The number of nitrogens with zero attached hydrogens (tertiary/aromatic N) is 2. The van der Waals surface area contributed by atoms with Gasteiger partial charge in [-0.3, -0.25) is 9.59 Å². The minimum Gasteiger partial charge on any atom is -0.375 e. The molecule has 0 aromatic carbocycles. The molecule has 2 amide bonds. The maximum Gasteiger partial charge on any atom is 0.241 e. The molecule has 2 aliphatic heterocycles. The molecule has 2 fully saturated rings. The molecule has 2 rings (SSSR count). The van der Waals surface area contributed by atoms with E-state index in [4.69, 9.17) is 4.74 Å². The third-order valence-electron chi connectivity index (χ3n) is 3.43. The highest BCUT2D eigenvalue weighted by molar-refractivity contribution is 5.85. The van der Waals surface area contributed by atoms with Crippen molar-refractivity contribution in [2.75, 3.05) is 46.4 Å². The lowest BCUT2D eigenvalue weighted by Gasteiger charge is -2.26. The van der Waals surface area contributed by atoms with E-state index in [0.29, 0.717) is 26.1 Å². The quantitative estimate of drug-likeness (QED) is 0.691. The van der Waals surface area contributed by atoms with E-state index in [1.165, 1.54) is 0 Å². The second-order valence-corrected chi connectivity index (χ2v) is 4.89. The predicted molar refractivity (Wildman–Crippen MR) is 66.1 cm³/mol. The molecule has 6 heteroatoms. The van der Waals surface area contributed by atoms with Crippen LogP contribution in [0.1, 0.15) is 12.8 Å². The first-order chi connectivity index (χ1) is 8.66. The summed E-state index contributed by atoms with van der Waals surface area (Å²) in [6.07, 6.45) is 1.16. The van der Waals surface area contributed by atoms with Crippen LogP contribution in [0.3, 0.4) is 0 Å². The van der Waals surface area contributed by atoms with Crippen LogP contribution in [0.15, 0.2) is 0 Å². The Bertz CT molecular complexity index is 316. The molecule has 6 nitrogen and oxygen atoms in total. The Morgan fingerprint density at radius 2 is 2.33 bits per heavy atom. The lowest BCUT2D eigenvalue weighted by molar-refractivity contribution is -0.140. The minimum absolute atomic E-state index is 0.0172. The summed E-state index contributed by atoms with van der Waals surface area (Å²) in [5.41, 5.74) is 0. The lowest BCUT2D eigenvalue weighted by Crippen LogP contribution is -2.44. The number of likely N-dealkylation sites (N-methyl/N-ethyl adjacent to an activating group) is 1. The fraction of sp³-hybridized carbons (Fsp3) is 0.833. The number of nitrogens with one attached hydrogen (secondary N) is 1. The van der Waals surface area contributed by atoms with Gasteiger partial charge in [-0.1, -0.05) is 0 Å². The van der Waals surface area contributed by atoms with E-state index in [1.807, 2.05) is 0 Å². The highest BCUT2D eigenvalue weighted by Gasteiger charge is 2.25. The Morgan fingerprint density at radius 3 is 3.06 bits per heavy atom. The van der Waals surface area contributed by atoms with Gasteiger partial charge in [0.1, 0.15) is 0 Å². The molecule has 2 heterocycles. The Hall–Kier alpha value is -1.14. The van der Waals surface area contributed by atoms with Crippen molar-refractivity contribution in [1.29, 1.82) is 0 Å². The van der Waals surface area contributed by atoms with Crippen molar-refractivity contribution in [2.24, 2.45) is 0 Å². The first-order valence-corrected chi connectivity index (χ1v) is 6.51. The summed E-state index contributed by atoms with van der Waals surface area (Å²) < 4.78 is 5.51. The van der Waals surface area contributed by atoms with Crippen LogP contribution < -0.4 is 5.32 Å². The van der Waals surface area contributed by atoms with Crippen LogP contribution in [0.4, 0.5) is 0 Å². The van der Waals surface area contributed by atoms with E-state index in [2.05, 4.69) is 5.32 Å². The number of morpholine rings is 1. The van der Waals surface area contributed by atoms with Crippen LogP contribution in [-0.4, -0.2) is 74.1 Å². The Morgan fingerprint density at radius 1 is 1.50 bits per heavy atom. The molecule has 1 N–H and O–H groups in total. The number of rotatable bonds is 2. The molecule has 0 radical (unpaired) electrons. The van der Waals surface area contributed by atoms with Gasteiger partial charge in [0, 0.05) is 33.2 Å². The van der Waals surface area contributed by atoms with Crippen molar-refractivity contribution in [1.82, 2.24) is 15.1 Å². The number of ether oxygens (including phenoxy) is 1. The third-order valence-corrected chi connectivity index (χ3v) is 3.43. The highest BCUT2D eigenvalue weighted by Crippen LogP contribution is 2.08. The largest absolute Gasteiger partial charge is 0.375 e. The maximum absolute atomic E-state index is 12.1. The number of hydrogen-bond donors (Lipinski definition) is 1. The van der Waals surface area contributed by atoms with Gasteiger partial charge < -0.3 is 19.9 Å². The van der Waals surface area contributed by atoms with Gasteiger partial charge in [-0.15, -0.1) is 0 Å². The second kappa shape index (κ2) is 6.15. The first kappa shape index (κ1) is 13.3. The second-order valence-electron chi connectivity index (χ2n) is 4.89. The molecule has 0 aromatic rings. The molecule has 2 saturated heterocycles. The molecule has 18 heavy (non-hydrogen) atoms. The Kier molecular flexibility index (Phi) is 4.54. The van der Waals surface area contributed by atoms with Gasteiger partial charge in [0.05, 0.1) is 25.7 Å². The molecule has 0 spiro atoms. The van der Waals surface area contributed by atoms with Crippen LogP contribution >= 0.6 is 0 Å². The van der Waals surface area contributed by atoms with E-state index >= 15 is 0 Å². The van der Waals surface area contributed by atoms with Crippen molar-refractivity contribution in [2.45, 2.75) is 18.9 Å². The molecular weight excluding hydrogens is 234 g/mol. The monoisotopic (exact) mass is 255 g/mol. The van der Waals surface area contributed by atoms with E-state index in [1.54, 1.807) is 16.8 Å². The van der Waals surface area contributed by atoms with E-state index < -0.39 is 0 Å². The Labute approximate surface area is 107 Å². The summed E-state index contributed by atoms with van der Waals surface area (Å²) in [4.78, 5) is 27.2. The van der Waals surface area contributed by atoms with Gasteiger partial charge in [0.25, 0.3) is 0 Å². The van der Waals surface area contributed by atoms with Crippen LogP contribution in [-0.2, 0) is 14.3 Å². The van der Waals surface area contributed by atoms with E-state index in [9.17, 15) is 9.59 Å². The fourth-order valence-corrected chi connectivity index (χ4v) is 2.27. The van der Waals surface area contributed by atoms with Gasteiger partial charge in [0.2, 0.25) is 11.8 Å². The molecule has 102 valence electrons. The van der Waals surface area contributed by atoms with Crippen LogP contribution in [0.5, 0.6) is 0 Å². The zero-order valence-corrected chi connectivity index (χ0v) is 10.9. The Balaban J connectivity index is 1.85. The van der Waals surface area contributed by atoms with Crippen molar-refractivity contribution >= 4 is 11.8 Å². The molecule has 0 aliphatic carbocycles. The smallest absolute Gasteiger partial charge is 0.241 e. The zero-order chi connectivity index (χ0) is 13.0. The predicted octanol–water partition coefficient (Wildman–Crippen LogP) is -0.944.